The summed E-state index contributed by atoms with van der Waals surface area (Å²) >= 11 is 0. The Bertz CT molecular complexity index is 813. The number of carbonyl (C=O) groups is 2. The highest BCUT2D eigenvalue weighted by atomic mass is 32.2. The molecule has 156 valence electrons. The lowest BCUT2D eigenvalue weighted by Crippen LogP contribution is -2.46. The second kappa shape index (κ2) is 9.52. The van der Waals surface area contributed by atoms with Crippen LogP contribution in [0.4, 0.5) is 5.69 Å². The molecule has 7 nitrogen and oxygen atoms in total. The van der Waals surface area contributed by atoms with Crippen molar-refractivity contribution in [1.82, 2.24) is 9.62 Å². The van der Waals surface area contributed by atoms with Gasteiger partial charge < -0.3 is 10.6 Å². The molecule has 1 fully saturated rings. The van der Waals surface area contributed by atoms with Gasteiger partial charge in [0.05, 0.1) is 4.90 Å². The first-order valence-electron chi connectivity index (χ1n) is 9.81. The molecule has 0 aliphatic carbocycles. The number of rotatable bonds is 6. The van der Waals surface area contributed by atoms with Crippen molar-refractivity contribution in [2.24, 2.45) is 5.92 Å². The minimum absolute atomic E-state index is 0.102. The highest BCUT2D eigenvalue weighted by Crippen LogP contribution is 2.26. The summed E-state index contributed by atoms with van der Waals surface area (Å²) in [4.78, 5) is 24.2. The van der Waals surface area contributed by atoms with Crippen LogP contribution in [0.5, 0.6) is 0 Å². The van der Waals surface area contributed by atoms with Crippen molar-refractivity contribution in [2.75, 3.05) is 18.4 Å². The van der Waals surface area contributed by atoms with E-state index in [0.29, 0.717) is 24.3 Å². The minimum Gasteiger partial charge on any atom is -0.344 e. The quantitative estimate of drug-likeness (QED) is 0.755. The molecule has 28 heavy (non-hydrogen) atoms. The maximum Gasteiger partial charge on any atom is 0.247 e. The van der Waals surface area contributed by atoms with Gasteiger partial charge in [-0.1, -0.05) is 32.8 Å². The summed E-state index contributed by atoms with van der Waals surface area (Å²) in [5.74, 6) is -0.760. The predicted molar refractivity (Wildman–Crippen MR) is 109 cm³/mol. The van der Waals surface area contributed by atoms with Gasteiger partial charge in [-0.15, -0.1) is 0 Å². The molecule has 2 N–H and O–H groups in total. The third-order valence-corrected chi connectivity index (χ3v) is 6.99. The molecule has 1 unspecified atom stereocenters. The average Bonchev–Trinajstić information content (AvgIpc) is 2.90. The first-order chi connectivity index (χ1) is 13.1. The minimum atomic E-state index is -3.62. The van der Waals surface area contributed by atoms with Crippen molar-refractivity contribution < 1.29 is 18.0 Å². The summed E-state index contributed by atoms with van der Waals surface area (Å²) in [5.41, 5.74) is 1.05. The van der Waals surface area contributed by atoms with Crippen LogP contribution in [0, 0.1) is 12.8 Å². The number of hydrogen-bond donors (Lipinski definition) is 2. The third-order valence-electron chi connectivity index (χ3n) is 4.95. The van der Waals surface area contributed by atoms with E-state index >= 15 is 0 Å². The summed E-state index contributed by atoms with van der Waals surface area (Å²) in [5, 5.41) is 5.38. The fourth-order valence-corrected chi connectivity index (χ4v) is 5.12. The monoisotopic (exact) mass is 409 g/mol. The van der Waals surface area contributed by atoms with E-state index < -0.39 is 16.1 Å². The Balaban J connectivity index is 2.27. The van der Waals surface area contributed by atoms with E-state index in [1.54, 1.807) is 23.4 Å². The van der Waals surface area contributed by atoms with E-state index in [4.69, 9.17) is 0 Å². The molecule has 0 spiro atoms. The van der Waals surface area contributed by atoms with Crippen LogP contribution in [-0.2, 0) is 19.6 Å². The van der Waals surface area contributed by atoms with E-state index in [2.05, 4.69) is 10.6 Å². The van der Waals surface area contributed by atoms with Crippen LogP contribution < -0.4 is 10.6 Å². The maximum atomic E-state index is 13.1. The van der Waals surface area contributed by atoms with Crippen LogP contribution in [0.15, 0.2) is 23.1 Å². The highest BCUT2D eigenvalue weighted by Gasteiger charge is 2.28. The fraction of sp³-hybridized carbons (Fsp3) is 0.600. The van der Waals surface area contributed by atoms with Crippen LogP contribution in [0.25, 0.3) is 0 Å². The van der Waals surface area contributed by atoms with Crippen LogP contribution in [0.2, 0.25) is 0 Å². The average molecular weight is 410 g/mol. The summed E-state index contributed by atoms with van der Waals surface area (Å²) in [7, 11) is -3.62. The number of amides is 2. The zero-order chi connectivity index (χ0) is 20.9. The Morgan fingerprint density at radius 3 is 2.21 bits per heavy atom. The molecule has 1 aliphatic heterocycles. The van der Waals surface area contributed by atoms with Crippen LogP contribution in [0.3, 0.4) is 0 Å². The zero-order valence-corrected chi connectivity index (χ0v) is 17.9. The Hall–Kier alpha value is -1.93. The number of sulfonamides is 1. The van der Waals surface area contributed by atoms with Crippen molar-refractivity contribution >= 4 is 27.5 Å². The van der Waals surface area contributed by atoms with Crippen molar-refractivity contribution in [1.29, 1.82) is 0 Å². The number of aryl methyl sites for hydroxylation is 1. The second-order valence-corrected chi connectivity index (χ2v) is 9.62. The SMILES string of the molecule is CC(=O)NC(C(=O)Nc1ccc(C)c(S(=O)(=O)N2CCCCCC2)c1)C(C)C. The highest BCUT2D eigenvalue weighted by molar-refractivity contribution is 7.89. The predicted octanol–water partition coefficient (Wildman–Crippen LogP) is 2.66. The van der Waals surface area contributed by atoms with Gasteiger partial charge in [-0.25, -0.2) is 8.42 Å². The van der Waals surface area contributed by atoms with Gasteiger partial charge in [0.15, 0.2) is 0 Å². The maximum absolute atomic E-state index is 13.1. The molecule has 1 heterocycles. The normalized spacial score (nSPS) is 17.0. The van der Waals surface area contributed by atoms with Gasteiger partial charge in [0.1, 0.15) is 6.04 Å². The molecule has 0 saturated carbocycles. The molecule has 1 saturated heterocycles. The molecule has 1 atom stereocenters. The third kappa shape index (κ3) is 5.54. The number of benzene rings is 1. The summed E-state index contributed by atoms with van der Waals surface area (Å²) in [6.45, 7) is 7.84. The molecule has 2 amide bonds. The summed E-state index contributed by atoms with van der Waals surface area (Å²) in [6.07, 6.45) is 3.81. The number of nitrogens with zero attached hydrogens (tertiary/aromatic N) is 1. The van der Waals surface area contributed by atoms with E-state index in [1.807, 2.05) is 13.8 Å². The Labute approximate surface area is 167 Å². The Morgan fingerprint density at radius 2 is 1.68 bits per heavy atom. The number of nitrogens with one attached hydrogen (secondary N) is 2. The molecule has 0 aromatic heterocycles. The Kier molecular flexibility index (Phi) is 7.60. The van der Waals surface area contributed by atoms with Gasteiger partial charge >= 0.3 is 0 Å². The standard InChI is InChI=1S/C20H31N3O4S/c1-14(2)19(21-16(4)24)20(25)22-17-10-9-15(3)18(13-17)28(26,27)23-11-7-5-6-8-12-23/h9-10,13-14,19H,5-8,11-12H2,1-4H3,(H,21,24)(H,22,25). The van der Waals surface area contributed by atoms with Gasteiger partial charge in [-0.05, 0) is 43.4 Å². The van der Waals surface area contributed by atoms with Gasteiger partial charge in [0.2, 0.25) is 21.8 Å². The van der Waals surface area contributed by atoms with Crippen LogP contribution in [-0.4, -0.2) is 43.7 Å². The van der Waals surface area contributed by atoms with Crippen molar-refractivity contribution in [3.63, 3.8) is 0 Å². The smallest absolute Gasteiger partial charge is 0.247 e. The molecule has 0 bridgehead atoms. The largest absolute Gasteiger partial charge is 0.344 e. The molecule has 1 aromatic carbocycles. The lowest BCUT2D eigenvalue weighted by atomic mass is 10.0. The van der Waals surface area contributed by atoms with Crippen molar-refractivity contribution in [2.45, 2.75) is 64.3 Å². The first-order valence-corrected chi connectivity index (χ1v) is 11.3. The molecule has 8 heteroatoms. The first kappa shape index (κ1) is 22.4. The van der Waals surface area contributed by atoms with Crippen molar-refractivity contribution in [3.8, 4) is 0 Å². The van der Waals surface area contributed by atoms with Crippen LogP contribution >= 0.6 is 0 Å². The molecular formula is C20H31N3O4S. The van der Waals surface area contributed by atoms with E-state index in [-0.39, 0.29) is 22.6 Å². The van der Waals surface area contributed by atoms with Gasteiger partial charge in [0, 0.05) is 25.7 Å². The topological polar surface area (TPSA) is 95.6 Å². The van der Waals surface area contributed by atoms with Crippen molar-refractivity contribution in [3.05, 3.63) is 23.8 Å². The van der Waals surface area contributed by atoms with Gasteiger partial charge in [0.25, 0.3) is 0 Å². The van der Waals surface area contributed by atoms with E-state index in [9.17, 15) is 18.0 Å². The number of hydrogen-bond acceptors (Lipinski definition) is 4. The lowest BCUT2D eigenvalue weighted by molar-refractivity contribution is -0.126. The van der Waals surface area contributed by atoms with E-state index in [0.717, 1.165) is 25.7 Å². The number of carbonyl (C=O) groups excluding carboxylic acids is 2. The molecular weight excluding hydrogens is 378 g/mol. The van der Waals surface area contributed by atoms with E-state index in [1.165, 1.54) is 13.0 Å². The second-order valence-electron chi connectivity index (χ2n) is 7.71. The van der Waals surface area contributed by atoms with Gasteiger partial charge in [-0.2, -0.15) is 4.31 Å². The summed E-state index contributed by atoms with van der Waals surface area (Å²) < 4.78 is 27.8. The summed E-state index contributed by atoms with van der Waals surface area (Å²) in [6, 6.07) is 4.20. The van der Waals surface area contributed by atoms with Gasteiger partial charge in [-0.3, -0.25) is 9.59 Å². The zero-order valence-electron chi connectivity index (χ0n) is 17.1. The lowest BCUT2D eigenvalue weighted by Gasteiger charge is -2.23. The molecule has 1 aromatic rings. The molecule has 1 aliphatic rings. The number of anilines is 1. The molecule has 2 rings (SSSR count). The van der Waals surface area contributed by atoms with Crippen LogP contribution in [0.1, 0.15) is 52.0 Å². The molecule has 0 radical (unpaired) electrons. The fourth-order valence-electron chi connectivity index (χ4n) is 3.35. The Morgan fingerprint density at radius 1 is 1.07 bits per heavy atom.